The van der Waals surface area contributed by atoms with E-state index in [4.69, 9.17) is 4.74 Å². The molecule has 0 aliphatic heterocycles. The number of nitrogens with zero attached hydrogens (tertiary/aromatic N) is 2. The van der Waals surface area contributed by atoms with E-state index in [2.05, 4.69) is 20.0 Å². The van der Waals surface area contributed by atoms with Crippen LogP contribution in [0, 0.1) is 0 Å². The first kappa shape index (κ1) is 14.5. The first-order chi connectivity index (χ1) is 8.44. The maximum absolute atomic E-state index is 12.0. The number of rotatable bonds is 6. The van der Waals surface area contributed by atoms with Gasteiger partial charge in [0.05, 0.1) is 0 Å². The van der Waals surface area contributed by atoms with Gasteiger partial charge in [0.2, 0.25) is 5.88 Å². The van der Waals surface area contributed by atoms with E-state index in [9.17, 15) is 13.2 Å². The number of alkyl halides is 3. The summed E-state index contributed by atoms with van der Waals surface area (Å²) in [5.41, 5.74) is 0. The van der Waals surface area contributed by atoms with Gasteiger partial charge >= 0.3 is 6.18 Å². The molecule has 0 bridgehead atoms. The summed E-state index contributed by atoms with van der Waals surface area (Å²) in [5, 5.41) is 2.88. The average Bonchev–Trinajstić information content (AvgIpc) is 2.26. The number of ether oxygens (including phenoxy) is 2. The molecular weight excluding hydrogens is 251 g/mol. The third-order valence-electron chi connectivity index (χ3n) is 1.76. The van der Waals surface area contributed by atoms with E-state index in [1.165, 1.54) is 13.2 Å². The van der Waals surface area contributed by atoms with Gasteiger partial charge in [-0.3, -0.25) is 0 Å². The Kier molecular flexibility index (Phi) is 5.14. The Labute approximate surface area is 102 Å². The molecular formula is C10H14F3N3O2. The highest BCUT2D eigenvalue weighted by molar-refractivity contribution is 5.38. The Balaban J connectivity index is 2.81. The molecule has 0 saturated carbocycles. The minimum Gasteiger partial charge on any atom is -0.468 e. The van der Waals surface area contributed by atoms with Crippen molar-refractivity contribution in [1.82, 2.24) is 9.97 Å². The zero-order chi connectivity index (χ0) is 13.6. The second kappa shape index (κ2) is 6.39. The van der Waals surface area contributed by atoms with Crippen LogP contribution in [0.1, 0.15) is 12.7 Å². The molecule has 8 heteroatoms. The number of methoxy groups -OCH3 is 1. The highest BCUT2D eigenvalue weighted by atomic mass is 19.4. The molecule has 0 atom stereocenters. The highest BCUT2D eigenvalue weighted by Gasteiger charge is 2.28. The predicted octanol–water partition coefficient (Wildman–Crippen LogP) is 2.00. The van der Waals surface area contributed by atoms with Crippen molar-refractivity contribution in [2.75, 3.05) is 25.6 Å². The van der Waals surface area contributed by atoms with Gasteiger partial charge in [-0.1, -0.05) is 0 Å². The Morgan fingerprint density at radius 2 is 2.06 bits per heavy atom. The van der Waals surface area contributed by atoms with Crippen molar-refractivity contribution in [3.63, 3.8) is 0 Å². The quantitative estimate of drug-likeness (QED) is 0.852. The number of aromatic nitrogens is 2. The van der Waals surface area contributed by atoms with Gasteiger partial charge in [0.1, 0.15) is 12.4 Å². The smallest absolute Gasteiger partial charge is 0.422 e. The summed E-state index contributed by atoms with van der Waals surface area (Å²) in [5.74, 6) is 0.523. The summed E-state index contributed by atoms with van der Waals surface area (Å²) >= 11 is 0. The molecule has 18 heavy (non-hydrogen) atoms. The normalized spacial score (nSPS) is 11.4. The van der Waals surface area contributed by atoms with Crippen LogP contribution in [0.5, 0.6) is 5.88 Å². The van der Waals surface area contributed by atoms with Crippen LogP contribution in [0.15, 0.2) is 6.07 Å². The average molecular weight is 265 g/mol. The lowest BCUT2D eigenvalue weighted by Gasteiger charge is -2.11. The van der Waals surface area contributed by atoms with E-state index in [1.807, 2.05) is 6.92 Å². The fourth-order valence-electron chi connectivity index (χ4n) is 1.17. The second-order valence-electron chi connectivity index (χ2n) is 3.37. The number of halogens is 3. The zero-order valence-electron chi connectivity index (χ0n) is 10.0. The van der Waals surface area contributed by atoms with E-state index in [1.54, 1.807) is 0 Å². The summed E-state index contributed by atoms with van der Waals surface area (Å²) in [7, 11) is 1.44. The minimum absolute atomic E-state index is 0.0988. The van der Waals surface area contributed by atoms with Crippen molar-refractivity contribution in [3.05, 3.63) is 11.9 Å². The van der Waals surface area contributed by atoms with E-state index in [0.29, 0.717) is 12.4 Å². The zero-order valence-corrected chi connectivity index (χ0v) is 10.0. The summed E-state index contributed by atoms with van der Waals surface area (Å²) in [6.45, 7) is 1.14. The molecule has 1 aromatic heterocycles. The van der Waals surface area contributed by atoms with Crippen molar-refractivity contribution in [3.8, 4) is 5.88 Å². The molecule has 0 unspecified atom stereocenters. The number of hydrogen-bond donors (Lipinski definition) is 1. The van der Waals surface area contributed by atoms with Crippen molar-refractivity contribution in [2.24, 2.45) is 0 Å². The third kappa shape index (κ3) is 5.17. The topological polar surface area (TPSA) is 56.3 Å². The van der Waals surface area contributed by atoms with Crippen molar-refractivity contribution >= 4 is 5.82 Å². The lowest BCUT2D eigenvalue weighted by molar-refractivity contribution is -0.154. The van der Waals surface area contributed by atoms with Gasteiger partial charge in [-0.2, -0.15) is 18.2 Å². The van der Waals surface area contributed by atoms with E-state index in [0.717, 1.165) is 0 Å². The van der Waals surface area contributed by atoms with E-state index >= 15 is 0 Å². The van der Waals surface area contributed by atoms with Crippen molar-refractivity contribution in [1.29, 1.82) is 0 Å². The predicted molar refractivity (Wildman–Crippen MR) is 58.5 cm³/mol. The van der Waals surface area contributed by atoms with Crippen LogP contribution in [0.4, 0.5) is 19.0 Å². The Morgan fingerprint density at radius 3 is 2.61 bits per heavy atom. The highest BCUT2D eigenvalue weighted by Crippen LogP contribution is 2.19. The molecule has 0 amide bonds. The largest absolute Gasteiger partial charge is 0.468 e. The second-order valence-corrected chi connectivity index (χ2v) is 3.37. The molecule has 0 aliphatic rings. The van der Waals surface area contributed by atoms with Gasteiger partial charge in [-0.15, -0.1) is 0 Å². The van der Waals surface area contributed by atoms with E-state index < -0.39 is 12.8 Å². The fraction of sp³-hybridized carbons (Fsp3) is 0.600. The standard InChI is InChI=1S/C10H14F3N3O2/c1-3-14-7-4-9(18-6-10(11,12)13)16-8(15-7)5-17-2/h4H,3,5-6H2,1-2H3,(H,14,15,16). The molecule has 0 radical (unpaired) electrons. The molecule has 0 spiro atoms. The molecule has 0 saturated heterocycles. The first-order valence-electron chi connectivity index (χ1n) is 5.25. The summed E-state index contributed by atoms with van der Waals surface area (Å²) in [6.07, 6.45) is -4.40. The summed E-state index contributed by atoms with van der Waals surface area (Å²) in [4.78, 5) is 7.86. The monoisotopic (exact) mass is 265 g/mol. The van der Waals surface area contributed by atoms with Gasteiger partial charge in [0, 0.05) is 19.7 Å². The van der Waals surface area contributed by atoms with Gasteiger partial charge in [-0.25, -0.2) is 4.98 Å². The Hall–Kier alpha value is -1.57. The SMILES string of the molecule is CCNc1cc(OCC(F)(F)F)nc(COC)n1. The molecule has 102 valence electrons. The number of anilines is 1. The van der Waals surface area contributed by atoms with Gasteiger partial charge < -0.3 is 14.8 Å². The molecule has 0 aliphatic carbocycles. The first-order valence-corrected chi connectivity index (χ1v) is 5.25. The number of hydrogen-bond acceptors (Lipinski definition) is 5. The van der Waals surface area contributed by atoms with Crippen molar-refractivity contribution in [2.45, 2.75) is 19.7 Å². The van der Waals surface area contributed by atoms with Crippen LogP contribution in [0.25, 0.3) is 0 Å². The Morgan fingerprint density at radius 1 is 1.33 bits per heavy atom. The maximum Gasteiger partial charge on any atom is 0.422 e. The van der Waals surface area contributed by atoms with Crippen LogP contribution >= 0.6 is 0 Å². The van der Waals surface area contributed by atoms with E-state index in [-0.39, 0.29) is 18.3 Å². The third-order valence-corrected chi connectivity index (χ3v) is 1.76. The fourth-order valence-corrected chi connectivity index (χ4v) is 1.17. The molecule has 0 aromatic carbocycles. The Bertz CT molecular complexity index is 361. The molecule has 5 nitrogen and oxygen atoms in total. The van der Waals surface area contributed by atoms with Gasteiger partial charge in [0.25, 0.3) is 0 Å². The maximum atomic E-state index is 12.0. The van der Waals surface area contributed by atoms with Crippen LogP contribution in [-0.4, -0.2) is 36.4 Å². The summed E-state index contributed by atoms with van der Waals surface area (Å²) < 4.78 is 45.5. The van der Waals surface area contributed by atoms with Crippen LogP contribution in [-0.2, 0) is 11.3 Å². The van der Waals surface area contributed by atoms with Crippen LogP contribution < -0.4 is 10.1 Å². The molecule has 0 fully saturated rings. The number of nitrogens with one attached hydrogen (secondary N) is 1. The molecule has 1 N–H and O–H groups in total. The van der Waals surface area contributed by atoms with Crippen LogP contribution in [0.2, 0.25) is 0 Å². The van der Waals surface area contributed by atoms with Crippen molar-refractivity contribution < 1.29 is 22.6 Å². The summed E-state index contributed by atoms with van der Waals surface area (Å²) in [6, 6.07) is 1.31. The minimum atomic E-state index is -4.40. The van der Waals surface area contributed by atoms with Gasteiger partial charge in [0.15, 0.2) is 12.4 Å². The molecule has 1 rings (SSSR count). The lowest BCUT2D eigenvalue weighted by atomic mass is 10.5. The molecule has 1 aromatic rings. The molecule has 1 heterocycles. The lowest BCUT2D eigenvalue weighted by Crippen LogP contribution is -2.20. The van der Waals surface area contributed by atoms with Gasteiger partial charge in [-0.05, 0) is 6.92 Å². The van der Waals surface area contributed by atoms with Crippen LogP contribution in [0.3, 0.4) is 0 Å².